The van der Waals surface area contributed by atoms with Crippen molar-refractivity contribution < 1.29 is 9.84 Å². The zero-order valence-corrected chi connectivity index (χ0v) is 8.34. The largest absolute Gasteiger partial charge is 0.507 e. The Morgan fingerprint density at radius 2 is 2.31 bits per heavy atom. The molecule has 0 heterocycles. The van der Waals surface area contributed by atoms with Gasteiger partial charge in [-0.15, -0.1) is 12.6 Å². The van der Waals surface area contributed by atoms with Crippen molar-refractivity contribution in [1.29, 1.82) is 0 Å². The molecule has 0 aromatic heterocycles. The van der Waals surface area contributed by atoms with E-state index in [4.69, 9.17) is 4.74 Å². The number of phenols is 1. The maximum Gasteiger partial charge on any atom is 0.132 e. The van der Waals surface area contributed by atoms with Crippen molar-refractivity contribution in [2.75, 3.05) is 6.61 Å². The molecular weight excluding hydrogens is 184 g/mol. The molecule has 70 valence electrons. The number of thiol groups is 1. The summed E-state index contributed by atoms with van der Waals surface area (Å²) in [7, 11) is 0. The predicted molar refractivity (Wildman–Crippen MR) is 55.8 cm³/mol. The zero-order chi connectivity index (χ0) is 9.84. The molecule has 0 saturated heterocycles. The zero-order valence-electron chi connectivity index (χ0n) is 7.45. The van der Waals surface area contributed by atoms with Gasteiger partial charge in [-0.1, -0.05) is 12.7 Å². The average Bonchev–Trinajstić information content (AvgIpc) is 2.10. The highest BCUT2D eigenvalue weighted by molar-refractivity contribution is 7.80. The van der Waals surface area contributed by atoms with Crippen LogP contribution in [0.3, 0.4) is 0 Å². The van der Waals surface area contributed by atoms with Crippen LogP contribution < -0.4 is 4.74 Å². The van der Waals surface area contributed by atoms with Crippen molar-refractivity contribution in [2.24, 2.45) is 0 Å². The number of aryl methyl sites for hydroxylation is 1. The second-order valence-electron chi connectivity index (χ2n) is 2.71. The molecule has 0 spiro atoms. The van der Waals surface area contributed by atoms with Crippen LogP contribution in [0.25, 0.3) is 0 Å². The lowest BCUT2D eigenvalue weighted by atomic mass is 10.2. The standard InChI is InChI=1S/C10H12O2S/c1-3-4-12-8-5-7(2)10(13)9(11)6-8/h3,5-6,11,13H,1,4H2,2H3. The molecule has 0 fully saturated rings. The summed E-state index contributed by atoms with van der Waals surface area (Å²) in [6.45, 7) is 5.83. The van der Waals surface area contributed by atoms with Crippen molar-refractivity contribution in [2.45, 2.75) is 11.8 Å². The molecule has 0 unspecified atom stereocenters. The van der Waals surface area contributed by atoms with Crippen LogP contribution >= 0.6 is 12.6 Å². The van der Waals surface area contributed by atoms with E-state index in [0.29, 0.717) is 17.3 Å². The van der Waals surface area contributed by atoms with E-state index in [0.717, 1.165) is 5.56 Å². The molecule has 0 amide bonds. The van der Waals surface area contributed by atoms with Crippen LogP contribution in [-0.4, -0.2) is 11.7 Å². The van der Waals surface area contributed by atoms with E-state index >= 15 is 0 Å². The van der Waals surface area contributed by atoms with Gasteiger partial charge in [-0.05, 0) is 18.6 Å². The molecule has 3 heteroatoms. The van der Waals surface area contributed by atoms with Gasteiger partial charge in [0.15, 0.2) is 0 Å². The first kappa shape index (κ1) is 9.99. The number of rotatable bonds is 3. The molecule has 1 N–H and O–H groups in total. The number of aromatic hydroxyl groups is 1. The van der Waals surface area contributed by atoms with Gasteiger partial charge in [0.25, 0.3) is 0 Å². The maximum absolute atomic E-state index is 9.40. The molecule has 2 nitrogen and oxygen atoms in total. The van der Waals surface area contributed by atoms with E-state index in [1.54, 1.807) is 12.1 Å². The molecular formula is C10H12O2S. The van der Waals surface area contributed by atoms with Crippen molar-refractivity contribution in [3.63, 3.8) is 0 Å². The van der Waals surface area contributed by atoms with Crippen LogP contribution in [0.15, 0.2) is 29.7 Å². The second kappa shape index (κ2) is 4.23. The lowest BCUT2D eigenvalue weighted by Crippen LogP contribution is -1.93. The summed E-state index contributed by atoms with van der Waals surface area (Å²) in [6, 6.07) is 3.37. The van der Waals surface area contributed by atoms with Gasteiger partial charge < -0.3 is 9.84 Å². The first-order valence-electron chi connectivity index (χ1n) is 3.91. The molecule has 1 aromatic carbocycles. The summed E-state index contributed by atoms with van der Waals surface area (Å²) >= 11 is 4.12. The van der Waals surface area contributed by atoms with Gasteiger partial charge in [0.05, 0.1) is 0 Å². The number of hydrogen-bond acceptors (Lipinski definition) is 3. The van der Waals surface area contributed by atoms with E-state index in [1.165, 1.54) is 0 Å². The highest BCUT2D eigenvalue weighted by Gasteiger charge is 2.03. The molecule has 1 rings (SSSR count). The topological polar surface area (TPSA) is 29.5 Å². The van der Waals surface area contributed by atoms with Gasteiger partial charge >= 0.3 is 0 Å². The molecule has 0 bridgehead atoms. The molecule has 0 aliphatic carbocycles. The van der Waals surface area contributed by atoms with Gasteiger partial charge in [-0.2, -0.15) is 0 Å². The van der Waals surface area contributed by atoms with Crippen LogP contribution in [0, 0.1) is 6.92 Å². The van der Waals surface area contributed by atoms with Crippen LogP contribution in [-0.2, 0) is 0 Å². The second-order valence-corrected chi connectivity index (χ2v) is 3.15. The van der Waals surface area contributed by atoms with Gasteiger partial charge in [-0.3, -0.25) is 0 Å². The SMILES string of the molecule is C=CCOc1cc(C)c(S)c(O)c1. The first-order chi connectivity index (χ1) is 6.15. The van der Waals surface area contributed by atoms with E-state index in [-0.39, 0.29) is 5.75 Å². The van der Waals surface area contributed by atoms with E-state index in [9.17, 15) is 5.11 Å². The third-order valence-electron chi connectivity index (χ3n) is 1.62. The first-order valence-corrected chi connectivity index (χ1v) is 4.36. The van der Waals surface area contributed by atoms with E-state index in [2.05, 4.69) is 19.2 Å². The third kappa shape index (κ3) is 2.42. The average molecular weight is 196 g/mol. The number of hydrogen-bond donors (Lipinski definition) is 2. The monoisotopic (exact) mass is 196 g/mol. The summed E-state index contributed by atoms with van der Waals surface area (Å²) in [5.74, 6) is 0.773. The van der Waals surface area contributed by atoms with Crippen LogP contribution in [0.4, 0.5) is 0 Å². The van der Waals surface area contributed by atoms with Crippen LogP contribution in [0.1, 0.15) is 5.56 Å². The molecule has 0 aliphatic rings. The fourth-order valence-corrected chi connectivity index (χ4v) is 1.10. The Morgan fingerprint density at radius 1 is 1.62 bits per heavy atom. The van der Waals surface area contributed by atoms with Crippen molar-refractivity contribution in [3.8, 4) is 11.5 Å². The van der Waals surface area contributed by atoms with Gasteiger partial charge in [0.1, 0.15) is 18.1 Å². The Hall–Kier alpha value is -1.09. The summed E-state index contributed by atoms with van der Waals surface area (Å²) in [5.41, 5.74) is 0.891. The van der Waals surface area contributed by atoms with Gasteiger partial charge in [0, 0.05) is 11.0 Å². The third-order valence-corrected chi connectivity index (χ3v) is 2.20. The minimum Gasteiger partial charge on any atom is -0.507 e. The summed E-state index contributed by atoms with van der Waals surface area (Å²) in [4.78, 5) is 0.589. The molecule has 0 aliphatic heterocycles. The Balaban J connectivity index is 2.92. The number of benzene rings is 1. The number of ether oxygens (including phenoxy) is 1. The summed E-state index contributed by atoms with van der Waals surface area (Å²) < 4.78 is 5.26. The Morgan fingerprint density at radius 3 is 2.85 bits per heavy atom. The number of phenolic OH excluding ortho intramolecular Hbond substituents is 1. The Kier molecular flexibility index (Phi) is 3.25. The van der Waals surface area contributed by atoms with Crippen molar-refractivity contribution in [1.82, 2.24) is 0 Å². The fraction of sp³-hybridized carbons (Fsp3) is 0.200. The van der Waals surface area contributed by atoms with Gasteiger partial charge in [0.2, 0.25) is 0 Å². The smallest absolute Gasteiger partial charge is 0.132 e. The van der Waals surface area contributed by atoms with Crippen molar-refractivity contribution >= 4 is 12.6 Å². The normalized spacial score (nSPS) is 9.69. The summed E-state index contributed by atoms with van der Waals surface area (Å²) in [5, 5.41) is 9.40. The minimum atomic E-state index is 0.141. The lowest BCUT2D eigenvalue weighted by molar-refractivity contribution is 0.358. The molecule has 13 heavy (non-hydrogen) atoms. The Labute approximate surface area is 83.3 Å². The Bertz CT molecular complexity index is 298. The maximum atomic E-state index is 9.40. The van der Waals surface area contributed by atoms with Crippen molar-refractivity contribution in [3.05, 3.63) is 30.4 Å². The fourth-order valence-electron chi connectivity index (χ4n) is 0.967. The molecule has 0 saturated carbocycles. The summed E-state index contributed by atoms with van der Waals surface area (Å²) in [6.07, 6.45) is 1.65. The van der Waals surface area contributed by atoms with E-state index < -0.39 is 0 Å². The van der Waals surface area contributed by atoms with E-state index in [1.807, 2.05) is 13.0 Å². The predicted octanol–water partition coefficient (Wildman–Crippen LogP) is 2.55. The van der Waals surface area contributed by atoms with Crippen LogP contribution in [0.5, 0.6) is 11.5 Å². The molecule has 0 atom stereocenters. The lowest BCUT2D eigenvalue weighted by Gasteiger charge is -2.07. The van der Waals surface area contributed by atoms with Crippen LogP contribution in [0.2, 0.25) is 0 Å². The molecule has 0 radical (unpaired) electrons. The quantitative estimate of drug-likeness (QED) is 0.574. The minimum absolute atomic E-state index is 0.141. The highest BCUT2D eigenvalue weighted by atomic mass is 32.1. The molecule has 1 aromatic rings. The highest BCUT2D eigenvalue weighted by Crippen LogP contribution is 2.29. The van der Waals surface area contributed by atoms with Gasteiger partial charge in [-0.25, -0.2) is 0 Å².